The minimum atomic E-state index is -0.494. The van der Waals surface area contributed by atoms with Crippen LogP contribution in [0.2, 0.25) is 0 Å². The highest BCUT2D eigenvalue weighted by Gasteiger charge is 2.12. The third-order valence-electron chi connectivity index (χ3n) is 2.15. The fourth-order valence-corrected chi connectivity index (χ4v) is 1.44. The van der Waals surface area contributed by atoms with Crippen LogP contribution in [0.5, 0.6) is 0 Å². The standard InChI is InChI=1S/C12H10O4/c1-2-15-12(14)11-6-9-5-8(7-13)3-4-10(9)16-11/h3-7H,2H2,1H3. The number of carbonyl (C=O) groups is 2. The molecular weight excluding hydrogens is 208 g/mol. The van der Waals surface area contributed by atoms with Gasteiger partial charge in [-0.15, -0.1) is 0 Å². The highest BCUT2D eigenvalue weighted by molar-refractivity contribution is 5.94. The Morgan fingerprint density at radius 2 is 2.25 bits per heavy atom. The van der Waals surface area contributed by atoms with E-state index in [0.717, 1.165) is 6.29 Å². The Labute approximate surface area is 91.8 Å². The molecule has 1 aromatic carbocycles. The molecule has 0 fully saturated rings. The number of fused-ring (bicyclic) bond motifs is 1. The molecule has 4 heteroatoms. The van der Waals surface area contributed by atoms with Gasteiger partial charge in [0.05, 0.1) is 6.61 Å². The van der Waals surface area contributed by atoms with Crippen LogP contribution in [0.4, 0.5) is 0 Å². The Balaban J connectivity index is 2.43. The highest BCUT2D eigenvalue weighted by atomic mass is 16.5. The molecule has 0 spiro atoms. The summed E-state index contributed by atoms with van der Waals surface area (Å²) in [5, 5.41) is 0.715. The molecule has 16 heavy (non-hydrogen) atoms. The van der Waals surface area contributed by atoms with Gasteiger partial charge in [0.2, 0.25) is 5.76 Å². The van der Waals surface area contributed by atoms with Crippen molar-refractivity contribution in [2.24, 2.45) is 0 Å². The van der Waals surface area contributed by atoms with Crippen LogP contribution < -0.4 is 0 Å². The number of ether oxygens (including phenoxy) is 1. The van der Waals surface area contributed by atoms with Gasteiger partial charge in [-0.3, -0.25) is 4.79 Å². The van der Waals surface area contributed by atoms with Gasteiger partial charge < -0.3 is 9.15 Å². The van der Waals surface area contributed by atoms with Crippen LogP contribution in [0.15, 0.2) is 28.7 Å². The van der Waals surface area contributed by atoms with E-state index in [0.29, 0.717) is 23.1 Å². The fraction of sp³-hybridized carbons (Fsp3) is 0.167. The van der Waals surface area contributed by atoms with E-state index < -0.39 is 5.97 Å². The molecule has 0 N–H and O–H groups in total. The van der Waals surface area contributed by atoms with Crippen molar-refractivity contribution in [1.29, 1.82) is 0 Å². The Morgan fingerprint density at radius 3 is 2.94 bits per heavy atom. The van der Waals surface area contributed by atoms with Crippen molar-refractivity contribution in [2.45, 2.75) is 6.92 Å². The monoisotopic (exact) mass is 218 g/mol. The maximum absolute atomic E-state index is 11.4. The van der Waals surface area contributed by atoms with Crippen LogP contribution in [0.3, 0.4) is 0 Å². The summed E-state index contributed by atoms with van der Waals surface area (Å²) in [5.74, 6) is -0.341. The van der Waals surface area contributed by atoms with E-state index >= 15 is 0 Å². The summed E-state index contributed by atoms with van der Waals surface area (Å²) in [6.07, 6.45) is 0.747. The molecule has 0 atom stereocenters. The smallest absolute Gasteiger partial charge is 0.374 e. The Kier molecular flexibility index (Phi) is 2.72. The van der Waals surface area contributed by atoms with Crippen LogP contribution in [0.1, 0.15) is 27.8 Å². The van der Waals surface area contributed by atoms with E-state index in [1.165, 1.54) is 0 Å². The third-order valence-corrected chi connectivity index (χ3v) is 2.15. The predicted octanol–water partition coefficient (Wildman–Crippen LogP) is 2.42. The number of rotatable bonds is 3. The predicted molar refractivity (Wildman–Crippen MR) is 57.6 cm³/mol. The van der Waals surface area contributed by atoms with Crippen LogP contribution in [-0.2, 0) is 4.74 Å². The van der Waals surface area contributed by atoms with Crippen molar-refractivity contribution < 1.29 is 18.7 Å². The lowest BCUT2D eigenvalue weighted by Crippen LogP contribution is -2.02. The maximum Gasteiger partial charge on any atom is 0.374 e. The summed E-state index contributed by atoms with van der Waals surface area (Å²) in [7, 11) is 0. The van der Waals surface area contributed by atoms with E-state index in [2.05, 4.69) is 0 Å². The van der Waals surface area contributed by atoms with Crippen LogP contribution >= 0.6 is 0 Å². The molecule has 0 unspecified atom stereocenters. The van der Waals surface area contributed by atoms with E-state index in [-0.39, 0.29) is 5.76 Å². The first kappa shape index (κ1) is 10.4. The summed E-state index contributed by atoms with van der Waals surface area (Å²) < 4.78 is 10.1. The van der Waals surface area contributed by atoms with Gasteiger partial charge in [-0.25, -0.2) is 4.79 Å². The first-order valence-corrected chi connectivity index (χ1v) is 4.90. The second-order valence-electron chi connectivity index (χ2n) is 3.25. The van der Waals surface area contributed by atoms with Crippen molar-refractivity contribution >= 4 is 23.2 Å². The molecule has 0 amide bonds. The second kappa shape index (κ2) is 4.18. The summed E-state index contributed by atoms with van der Waals surface area (Å²) in [4.78, 5) is 22.0. The zero-order chi connectivity index (χ0) is 11.5. The average molecular weight is 218 g/mol. The number of benzene rings is 1. The van der Waals surface area contributed by atoms with Crippen molar-refractivity contribution in [3.05, 3.63) is 35.6 Å². The summed E-state index contributed by atoms with van der Waals surface area (Å²) >= 11 is 0. The highest BCUT2D eigenvalue weighted by Crippen LogP contribution is 2.20. The van der Waals surface area contributed by atoms with E-state index in [1.807, 2.05) is 0 Å². The molecular formula is C12H10O4. The van der Waals surface area contributed by atoms with Crippen molar-refractivity contribution in [3.8, 4) is 0 Å². The third kappa shape index (κ3) is 1.82. The van der Waals surface area contributed by atoms with E-state index in [9.17, 15) is 9.59 Å². The molecule has 0 radical (unpaired) electrons. The van der Waals surface area contributed by atoms with Crippen molar-refractivity contribution in [3.63, 3.8) is 0 Å². The largest absolute Gasteiger partial charge is 0.460 e. The van der Waals surface area contributed by atoms with Gasteiger partial charge in [0.25, 0.3) is 0 Å². The zero-order valence-electron chi connectivity index (χ0n) is 8.73. The lowest BCUT2D eigenvalue weighted by molar-refractivity contribution is 0.0492. The quantitative estimate of drug-likeness (QED) is 0.586. The number of hydrogen-bond donors (Lipinski definition) is 0. The second-order valence-corrected chi connectivity index (χ2v) is 3.25. The minimum Gasteiger partial charge on any atom is -0.460 e. The molecule has 82 valence electrons. The molecule has 0 aliphatic heterocycles. The van der Waals surface area contributed by atoms with Gasteiger partial charge in [-0.2, -0.15) is 0 Å². The van der Waals surface area contributed by atoms with E-state index in [1.54, 1.807) is 31.2 Å². The van der Waals surface area contributed by atoms with Gasteiger partial charge in [-0.1, -0.05) is 0 Å². The average Bonchev–Trinajstić information content (AvgIpc) is 2.71. The maximum atomic E-state index is 11.4. The molecule has 0 saturated carbocycles. The summed E-state index contributed by atoms with van der Waals surface area (Å²) in [6.45, 7) is 2.03. The van der Waals surface area contributed by atoms with Crippen LogP contribution in [-0.4, -0.2) is 18.9 Å². The Hall–Kier alpha value is -2.10. The van der Waals surface area contributed by atoms with Gasteiger partial charge in [0.1, 0.15) is 11.9 Å². The van der Waals surface area contributed by atoms with Crippen molar-refractivity contribution in [1.82, 2.24) is 0 Å². The molecule has 1 aromatic heterocycles. The van der Waals surface area contributed by atoms with Crippen LogP contribution in [0.25, 0.3) is 11.0 Å². The number of furan rings is 1. The van der Waals surface area contributed by atoms with Gasteiger partial charge in [-0.05, 0) is 31.2 Å². The number of aldehydes is 1. The topological polar surface area (TPSA) is 56.5 Å². The molecule has 0 saturated heterocycles. The number of hydrogen-bond acceptors (Lipinski definition) is 4. The lowest BCUT2D eigenvalue weighted by atomic mass is 10.2. The first-order valence-electron chi connectivity index (χ1n) is 4.90. The molecule has 2 rings (SSSR count). The molecule has 1 heterocycles. The molecule has 0 bridgehead atoms. The Bertz CT molecular complexity index is 539. The lowest BCUT2D eigenvalue weighted by Gasteiger charge is -1.95. The number of carbonyl (C=O) groups excluding carboxylic acids is 2. The summed E-state index contributed by atoms with van der Waals surface area (Å²) in [6, 6.07) is 6.52. The normalized spacial score (nSPS) is 10.3. The molecule has 0 aliphatic carbocycles. The molecule has 0 aliphatic rings. The summed E-state index contributed by atoms with van der Waals surface area (Å²) in [5.41, 5.74) is 1.11. The Morgan fingerprint density at radius 1 is 1.44 bits per heavy atom. The minimum absolute atomic E-state index is 0.153. The first-order chi connectivity index (χ1) is 7.74. The van der Waals surface area contributed by atoms with E-state index in [4.69, 9.17) is 9.15 Å². The van der Waals surface area contributed by atoms with Crippen LogP contribution in [0, 0.1) is 0 Å². The van der Waals surface area contributed by atoms with Gasteiger partial charge >= 0.3 is 5.97 Å². The zero-order valence-corrected chi connectivity index (χ0v) is 8.73. The van der Waals surface area contributed by atoms with Gasteiger partial charge in [0.15, 0.2) is 0 Å². The molecule has 4 nitrogen and oxygen atoms in total. The fourth-order valence-electron chi connectivity index (χ4n) is 1.44. The van der Waals surface area contributed by atoms with Gasteiger partial charge in [0, 0.05) is 10.9 Å². The van der Waals surface area contributed by atoms with Crippen molar-refractivity contribution in [2.75, 3.05) is 6.61 Å². The SMILES string of the molecule is CCOC(=O)c1cc2cc(C=O)ccc2o1. The number of esters is 1. The molecule has 2 aromatic rings.